The summed E-state index contributed by atoms with van der Waals surface area (Å²) >= 11 is 0. The van der Waals surface area contributed by atoms with Gasteiger partial charge in [-0.25, -0.2) is 0 Å². The van der Waals surface area contributed by atoms with Crippen LogP contribution < -0.4 is 5.32 Å². The molecule has 0 aliphatic carbocycles. The highest BCUT2D eigenvalue weighted by atomic mass is 16.3. The van der Waals surface area contributed by atoms with Crippen molar-refractivity contribution in [1.29, 1.82) is 0 Å². The zero-order valence-electron chi connectivity index (χ0n) is 10.3. The van der Waals surface area contributed by atoms with Gasteiger partial charge in [0.1, 0.15) is 5.76 Å². The smallest absolute Gasteiger partial charge is 0.177 e. The van der Waals surface area contributed by atoms with Crippen LogP contribution in [0.25, 0.3) is 0 Å². The maximum Gasteiger partial charge on any atom is 0.177 e. The molecule has 0 amide bonds. The molecular weight excluding hydrogens is 186 g/mol. The van der Waals surface area contributed by atoms with Crippen molar-refractivity contribution in [3.05, 3.63) is 23.7 Å². The van der Waals surface area contributed by atoms with Crippen molar-refractivity contribution >= 4 is 0 Å². The summed E-state index contributed by atoms with van der Waals surface area (Å²) in [7, 11) is 0. The highest BCUT2D eigenvalue weighted by Gasteiger charge is 1.99. The first-order valence-electron chi connectivity index (χ1n) is 5.47. The molecule has 0 saturated heterocycles. The van der Waals surface area contributed by atoms with Crippen molar-refractivity contribution in [3.8, 4) is 11.8 Å². The van der Waals surface area contributed by atoms with E-state index in [9.17, 15) is 0 Å². The highest BCUT2D eigenvalue weighted by molar-refractivity contribution is 5.25. The van der Waals surface area contributed by atoms with E-state index in [1.807, 2.05) is 26.0 Å². The average molecular weight is 207 g/mol. The van der Waals surface area contributed by atoms with Crippen LogP contribution in [-0.2, 0) is 6.54 Å². The number of rotatable bonds is 3. The van der Waals surface area contributed by atoms with E-state index in [1.165, 1.54) is 0 Å². The fourth-order valence-corrected chi connectivity index (χ4v) is 0.968. The number of hydrogen-bond acceptors (Lipinski definition) is 2. The maximum atomic E-state index is 5.44. The van der Waals surface area contributed by atoms with Gasteiger partial charge in [0.25, 0.3) is 0 Å². The fourth-order valence-electron chi connectivity index (χ4n) is 0.968. The molecule has 84 valence electrons. The Morgan fingerprint density at radius 3 is 2.53 bits per heavy atom. The van der Waals surface area contributed by atoms with Gasteiger partial charge in [-0.2, -0.15) is 0 Å². The number of nitrogens with one attached hydrogen (secondary N) is 1. The third kappa shape index (κ3) is 5.98. The SMILES string of the molecule is CC.CC#Cc1ccc(CNC(C)C)o1. The van der Waals surface area contributed by atoms with Crippen molar-refractivity contribution in [2.45, 2.75) is 47.2 Å². The van der Waals surface area contributed by atoms with Gasteiger partial charge >= 0.3 is 0 Å². The van der Waals surface area contributed by atoms with Gasteiger partial charge in [-0.15, -0.1) is 0 Å². The third-order valence-corrected chi connectivity index (χ3v) is 1.59. The van der Waals surface area contributed by atoms with E-state index in [1.54, 1.807) is 6.92 Å². The lowest BCUT2D eigenvalue weighted by Crippen LogP contribution is -2.21. The van der Waals surface area contributed by atoms with Crippen LogP contribution in [0.2, 0.25) is 0 Å². The summed E-state index contributed by atoms with van der Waals surface area (Å²) in [5, 5.41) is 3.28. The molecule has 0 aromatic carbocycles. The normalized spacial score (nSPS) is 8.93. The summed E-state index contributed by atoms with van der Waals surface area (Å²) in [4.78, 5) is 0. The van der Waals surface area contributed by atoms with Crippen LogP contribution in [0, 0.1) is 11.8 Å². The van der Waals surface area contributed by atoms with Crippen LogP contribution in [0.1, 0.15) is 46.1 Å². The minimum atomic E-state index is 0.478. The summed E-state index contributed by atoms with van der Waals surface area (Å²) in [6, 6.07) is 4.33. The molecule has 0 bridgehead atoms. The molecule has 1 N–H and O–H groups in total. The van der Waals surface area contributed by atoms with E-state index in [0.717, 1.165) is 18.1 Å². The summed E-state index contributed by atoms with van der Waals surface area (Å²) in [5.41, 5.74) is 0. The number of furan rings is 1. The van der Waals surface area contributed by atoms with E-state index in [2.05, 4.69) is 31.0 Å². The lowest BCUT2D eigenvalue weighted by atomic mass is 10.3. The first kappa shape index (κ1) is 13.8. The summed E-state index contributed by atoms with van der Waals surface area (Å²) in [6.07, 6.45) is 0. The molecular formula is C13H21NO. The van der Waals surface area contributed by atoms with E-state index in [0.29, 0.717) is 6.04 Å². The summed E-state index contributed by atoms with van der Waals surface area (Å²) in [6.45, 7) is 10.8. The van der Waals surface area contributed by atoms with Gasteiger partial charge in [-0.1, -0.05) is 33.6 Å². The van der Waals surface area contributed by atoms with E-state index < -0.39 is 0 Å². The zero-order chi connectivity index (χ0) is 11.7. The molecule has 0 radical (unpaired) electrons. The van der Waals surface area contributed by atoms with Gasteiger partial charge in [0, 0.05) is 6.04 Å². The average Bonchev–Trinajstić information content (AvgIpc) is 2.67. The van der Waals surface area contributed by atoms with E-state index in [4.69, 9.17) is 4.42 Å². The predicted molar refractivity (Wildman–Crippen MR) is 64.6 cm³/mol. The van der Waals surface area contributed by atoms with Crippen LogP contribution >= 0.6 is 0 Å². The molecule has 1 heterocycles. The van der Waals surface area contributed by atoms with Gasteiger partial charge in [-0.3, -0.25) is 0 Å². The Bertz CT molecular complexity index is 315. The number of hydrogen-bond donors (Lipinski definition) is 1. The van der Waals surface area contributed by atoms with Gasteiger partial charge in [0.2, 0.25) is 0 Å². The third-order valence-electron chi connectivity index (χ3n) is 1.59. The molecule has 2 nitrogen and oxygen atoms in total. The molecule has 0 aliphatic rings. The topological polar surface area (TPSA) is 25.2 Å². The molecule has 1 aromatic heterocycles. The van der Waals surface area contributed by atoms with Crippen LogP contribution in [0.3, 0.4) is 0 Å². The second kappa shape index (κ2) is 8.14. The molecule has 0 unspecified atom stereocenters. The predicted octanol–water partition coefficient (Wildman–Crippen LogP) is 3.18. The quantitative estimate of drug-likeness (QED) is 0.770. The van der Waals surface area contributed by atoms with Crippen molar-refractivity contribution < 1.29 is 4.42 Å². The van der Waals surface area contributed by atoms with E-state index in [-0.39, 0.29) is 0 Å². The zero-order valence-corrected chi connectivity index (χ0v) is 10.3. The minimum Gasteiger partial charge on any atom is -0.451 e. The van der Waals surface area contributed by atoms with Crippen LogP contribution in [0.4, 0.5) is 0 Å². The van der Waals surface area contributed by atoms with Gasteiger partial charge in [-0.05, 0) is 25.0 Å². The van der Waals surface area contributed by atoms with Gasteiger partial charge in [0.05, 0.1) is 6.54 Å². The first-order chi connectivity index (χ1) is 7.22. The molecule has 15 heavy (non-hydrogen) atoms. The minimum absolute atomic E-state index is 0.478. The summed E-state index contributed by atoms with van der Waals surface area (Å²) in [5.74, 6) is 7.34. The monoisotopic (exact) mass is 207 g/mol. The molecule has 1 aromatic rings. The fraction of sp³-hybridized carbons (Fsp3) is 0.538. The molecule has 0 saturated carbocycles. The highest BCUT2D eigenvalue weighted by Crippen LogP contribution is 2.06. The molecule has 0 aliphatic heterocycles. The van der Waals surface area contributed by atoms with Crippen molar-refractivity contribution in [3.63, 3.8) is 0 Å². The van der Waals surface area contributed by atoms with Crippen LogP contribution in [0.5, 0.6) is 0 Å². The molecule has 2 heteroatoms. The summed E-state index contributed by atoms with van der Waals surface area (Å²) < 4.78 is 5.44. The van der Waals surface area contributed by atoms with Gasteiger partial charge in [0.15, 0.2) is 5.76 Å². The maximum absolute atomic E-state index is 5.44. The van der Waals surface area contributed by atoms with E-state index >= 15 is 0 Å². The Morgan fingerprint density at radius 2 is 2.00 bits per heavy atom. The Hall–Kier alpha value is -1.20. The molecule has 0 atom stereocenters. The Balaban J connectivity index is 0.000000921. The Morgan fingerprint density at radius 1 is 1.33 bits per heavy atom. The van der Waals surface area contributed by atoms with Gasteiger partial charge < -0.3 is 9.73 Å². The van der Waals surface area contributed by atoms with Crippen LogP contribution in [0.15, 0.2) is 16.5 Å². The second-order valence-corrected chi connectivity index (χ2v) is 3.18. The molecule has 1 rings (SSSR count). The van der Waals surface area contributed by atoms with Crippen molar-refractivity contribution in [2.24, 2.45) is 0 Å². The molecule has 0 fully saturated rings. The second-order valence-electron chi connectivity index (χ2n) is 3.18. The largest absolute Gasteiger partial charge is 0.451 e. The first-order valence-corrected chi connectivity index (χ1v) is 5.47. The lowest BCUT2D eigenvalue weighted by Gasteiger charge is -2.04. The van der Waals surface area contributed by atoms with Crippen LogP contribution in [-0.4, -0.2) is 6.04 Å². The van der Waals surface area contributed by atoms with Crippen molar-refractivity contribution in [2.75, 3.05) is 0 Å². The lowest BCUT2D eigenvalue weighted by molar-refractivity contribution is 0.458. The van der Waals surface area contributed by atoms with Crippen molar-refractivity contribution in [1.82, 2.24) is 5.32 Å². The standard InChI is InChI=1S/C11H15NO.C2H6/c1-4-5-10-6-7-11(13-10)8-12-9(2)3;1-2/h6-7,9,12H,8H2,1-3H3;1-2H3. The molecule has 0 spiro atoms. The Kier molecular flexibility index (Phi) is 7.49. The Labute approximate surface area is 93.1 Å².